The first-order valence-corrected chi connectivity index (χ1v) is 8.91. The van der Waals surface area contributed by atoms with Crippen LogP contribution in [0.1, 0.15) is 31.9 Å². The average Bonchev–Trinajstić information content (AvgIpc) is 3.08. The molecular formula is C22H27N3. The highest BCUT2D eigenvalue weighted by atomic mass is 15.3. The zero-order chi connectivity index (χ0) is 17.7. The maximum Gasteiger partial charge on any atom is 0.0923 e. The van der Waals surface area contributed by atoms with Crippen LogP contribution in [0, 0.1) is 0 Å². The van der Waals surface area contributed by atoms with Gasteiger partial charge >= 0.3 is 0 Å². The fraction of sp³-hybridized carbons (Fsp3) is 0.318. The van der Waals surface area contributed by atoms with Crippen molar-refractivity contribution >= 4 is 0 Å². The average molecular weight is 333 g/mol. The summed E-state index contributed by atoms with van der Waals surface area (Å²) in [5.74, 6) is 0. The second-order valence-corrected chi connectivity index (χ2v) is 7.45. The molecule has 3 aromatic rings. The lowest BCUT2D eigenvalue weighted by Gasteiger charge is -2.19. The molecular weight excluding hydrogens is 306 g/mol. The number of rotatable bonds is 6. The molecule has 1 aromatic heterocycles. The van der Waals surface area contributed by atoms with E-state index in [1.807, 2.05) is 29.1 Å². The SMILES string of the molecule is CC(C)(C)c1ccc(CNCCn2ccc(-c3ccccc3)n2)cc1. The Morgan fingerprint density at radius 3 is 2.32 bits per heavy atom. The summed E-state index contributed by atoms with van der Waals surface area (Å²) in [6.07, 6.45) is 2.04. The number of nitrogens with zero attached hydrogens (tertiary/aromatic N) is 2. The van der Waals surface area contributed by atoms with Crippen molar-refractivity contribution in [3.8, 4) is 11.3 Å². The van der Waals surface area contributed by atoms with E-state index in [0.29, 0.717) is 0 Å². The molecule has 25 heavy (non-hydrogen) atoms. The van der Waals surface area contributed by atoms with Gasteiger partial charge in [-0.25, -0.2) is 0 Å². The highest BCUT2D eigenvalue weighted by Gasteiger charge is 2.12. The van der Waals surface area contributed by atoms with Gasteiger partial charge in [0, 0.05) is 24.8 Å². The molecule has 0 aliphatic carbocycles. The fourth-order valence-electron chi connectivity index (χ4n) is 2.80. The zero-order valence-corrected chi connectivity index (χ0v) is 15.4. The van der Waals surface area contributed by atoms with Crippen LogP contribution in [0.2, 0.25) is 0 Å². The standard InChI is InChI=1S/C22H27N3/c1-22(2,3)20-11-9-18(10-12-20)17-23-14-16-25-15-13-21(24-25)19-7-5-4-6-8-19/h4-13,15,23H,14,16-17H2,1-3H3. The van der Waals surface area contributed by atoms with Gasteiger partial charge in [0.05, 0.1) is 12.2 Å². The van der Waals surface area contributed by atoms with Gasteiger partial charge in [-0.3, -0.25) is 4.68 Å². The van der Waals surface area contributed by atoms with Crippen molar-refractivity contribution in [3.63, 3.8) is 0 Å². The third-order valence-corrected chi connectivity index (χ3v) is 4.38. The second-order valence-electron chi connectivity index (χ2n) is 7.45. The molecule has 0 atom stereocenters. The monoisotopic (exact) mass is 333 g/mol. The number of nitrogens with one attached hydrogen (secondary N) is 1. The van der Waals surface area contributed by atoms with Crippen molar-refractivity contribution < 1.29 is 0 Å². The van der Waals surface area contributed by atoms with Gasteiger partial charge in [0.25, 0.3) is 0 Å². The molecule has 1 N–H and O–H groups in total. The van der Waals surface area contributed by atoms with Crippen molar-refractivity contribution in [3.05, 3.63) is 78.0 Å². The van der Waals surface area contributed by atoms with Crippen molar-refractivity contribution in [2.45, 2.75) is 39.3 Å². The van der Waals surface area contributed by atoms with Crippen molar-refractivity contribution in [1.82, 2.24) is 15.1 Å². The second kappa shape index (κ2) is 7.66. The summed E-state index contributed by atoms with van der Waals surface area (Å²) >= 11 is 0. The molecule has 0 fully saturated rings. The topological polar surface area (TPSA) is 29.9 Å². The minimum Gasteiger partial charge on any atom is -0.311 e. The Labute approximate surface area is 150 Å². The molecule has 2 aromatic carbocycles. The lowest BCUT2D eigenvalue weighted by atomic mass is 9.87. The molecule has 0 spiro atoms. The van der Waals surface area contributed by atoms with Gasteiger partial charge in [0.2, 0.25) is 0 Å². The van der Waals surface area contributed by atoms with Crippen LogP contribution >= 0.6 is 0 Å². The molecule has 130 valence electrons. The summed E-state index contributed by atoms with van der Waals surface area (Å²) in [4.78, 5) is 0. The number of benzene rings is 2. The predicted octanol–water partition coefficient (Wildman–Crippen LogP) is 4.64. The van der Waals surface area contributed by atoms with Crippen molar-refractivity contribution in [2.75, 3.05) is 6.54 Å². The predicted molar refractivity (Wildman–Crippen MR) is 105 cm³/mol. The van der Waals surface area contributed by atoms with E-state index in [4.69, 9.17) is 0 Å². The van der Waals surface area contributed by atoms with Gasteiger partial charge in [0.15, 0.2) is 0 Å². The molecule has 0 saturated carbocycles. The van der Waals surface area contributed by atoms with E-state index in [2.05, 4.69) is 73.7 Å². The van der Waals surface area contributed by atoms with Crippen LogP contribution in [0.4, 0.5) is 0 Å². The summed E-state index contributed by atoms with van der Waals surface area (Å²) in [6, 6.07) is 21.3. The number of hydrogen-bond acceptors (Lipinski definition) is 2. The summed E-state index contributed by atoms with van der Waals surface area (Å²) < 4.78 is 2.00. The van der Waals surface area contributed by atoms with Crippen LogP contribution in [0.3, 0.4) is 0 Å². The van der Waals surface area contributed by atoms with Crippen LogP contribution in [0.15, 0.2) is 66.9 Å². The van der Waals surface area contributed by atoms with Crippen molar-refractivity contribution in [1.29, 1.82) is 0 Å². The number of aromatic nitrogens is 2. The quantitative estimate of drug-likeness (QED) is 0.666. The van der Waals surface area contributed by atoms with Crippen LogP contribution < -0.4 is 5.32 Å². The first-order chi connectivity index (χ1) is 12.0. The summed E-state index contributed by atoms with van der Waals surface area (Å²) in [7, 11) is 0. The van der Waals surface area contributed by atoms with E-state index >= 15 is 0 Å². The third-order valence-electron chi connectivity index (χ3n) is 4.38. The van der Waals surface area contributed by atoms with Gasteiger partial charge in [0.1, 0.15) is 0 Å². The van der Waals surface area contributed by atoms with Crippen LogP contribution in [0.5, 0.6) is 0 Å². The van der Waals surface area contributed by atoms with Gasteiger partial charge in [-0.15, -0.1) is 0 Å². The molecule has 3 rings (SSSR count). The van der Waals surface area contributed by atoms with Crippen LogP contribution in [-0.2, 0) is 18.5 Å². The van der Waals surface area contributed by atoms with Gasteiger partial charge in [-0.2, -0.15) is 5.10 Å². The zero-order valence-electron chi connectivity index (χ0n) is 15.4. The Hall–Kier alpha value is -2.39. The van der Waals surface area contributed by atoms with E-state index in [-0.39, 0.29) is 5.41 Å². The Morgan fingerprint density at radius 1 is 0.920 bits per heavy atom. The summed E-state index contributed by atoms with van der Waals surface area (Å²) in [6.45, 7) is 9.39. The van der Waals surface area contributed by atoms with E-state index in [9.17, 15) is 0 Å². The molecule has 0 aliphatic heterocycles. The lowest BCUT2D eigenvalue weighted by molar-refractivity contribution is 0.555. The summed E-state index contributed by atoms with van der Waals surface area (Å²) in [5, 5.41) is 8.14. The molecule has 0 amide bonds. The minimum atomic E-state index is 0.211. The maximum absolute atomic E-state index is 4.64. The molecule has 0 radical (unpaired) electrons. The normalized spacial score (nSPS) is 11.6. The largest absolute Gasteiger partial charge is 0.311 e. The Kier molecular flexibility index (Phi) is 5.34. The molecule has 0 saturated heterocycles. The maximum atomic E-state index is 4.64. The fourth-order valence-corrected chi connectivity index (χ4v) is 2.80. The van der Waals surface area contributed by atoms with E-state index in [1.165, 1.54) is 11.1 Å². The van der Waals surface area contributed by atoms with Gasteiger partial charge < -0.3 is 5.32 Å². The van der Waals surface area contributed by atoms with E-state index in [1.54, 1.807) is 0 Å². The molecule has 0 unspecified atom stereocenters. The smallest absolute Gasteiger partial charge is 0.0923 e. The Balaban J connectivity index is 1.47. The highest BCUT2D eigenvalue weighted by molar-refractivity contribution is 5.57. The summed E-state index contributed by atoms with van der Waals surface area (Å²) in [5.41, 5.74) is 5.09. The van der Waals surface area contributed by atoms with E-state index in [0.717, 1.165) is 30.9 Å². The Bertz CT molecular complexity index is 780. The number of hydrogen-bond donors (Lipinski definition) is 1. The molecule has 1 heterocycles. The third kappa shape index (κ3) is 4.80. The van der Waals surface area contributed by atoms with Crippen LogP contribution in [0.25, 0.3) is 11.3 Å². The highest BCUT2D eigenvalue weighted by Crippen LogP contribution is 2.22. The Morgan fingerprint density at radius 2 is 1.64 bits per heavy atom. The molecule has 3 heteroatoms. The first kappa shape index (κ1) is 17.4. The lowest BCUT2D eigenvalue weighted by Crippen LogP contribution is -2.20. The van der Waals surface area contributed by atoms with Gasteiger partial charge in [-0.05, 0) is 22.6 Å². The molecule has 0 bridgehead atoms. The molecule has 3 nitrogen and oxygen atoms in total. The molecule has 0 aliphatic rings. The van der Waals surface area contributed by atoms with Crippen molar-refractivity contribution in [2.24, 2.45) is 0 Å². The minimum absolute atomic E-state index is 0.211. The first-order valence-electron chi connectivity index (χ1n) is 8.91. The van der Waals surface area contributed by atoms with Crippen LogP contribution in [-0.4, -0.2) is 16.3 Å². The van der Waals surface area contributed by atoms with E-state index < -0.39 is 0 Å². The van der Waals surface area contributed by atoms with Gasteiger partial charge in [-0.1, -0.05) is 75.4 Å².